The van der Waals surface area contributed by atoms with Crippen molar-refractivity contribution in [3.8, 4) is 16.9 Å². The highest BCUT2D eigenvalue weighted by atomic mass is 16.5. The Bertz CT molecular complexity index is 1360. The maximum atomic E-state index is 12.8. The summed E-state index contributed by atoms with van der Waals surface area (Å²) in [6.45, 7) is 0.535. The number of carbonyl (C=O) groups is 2. The highest BCUT2D eigenvalue weighted by Gasteiger charge is 2.29. The smallest absolute Gasteiger partial charge is 0.407 e. The van der Waals surface area contributed by atoms with Gasteiger partial charge in [-0.2, -0.15) is 0 Å². The van der Waals surface area contributed by atoms with Crippen LogP contribution in [0.15, 0.2) is 103 Å². The number of hydrogen-bond acceptors (Lipinski definition) is 4. The minimum Gasteiger partial charge on any atom is -0.489 e. The number of nitrogens with one attached hydrogen (secondary N) is 1. The van der Waals surface area contributed by atoms with Crippen LogP contribution in [0, 0.1) is 0 Å². The second-order valence-electron chi connectivity index (χ2n) is 8.97. The number of benzene rings is 4. The summed E-state index contributed by atoms with van der Waals surface area (Å²) in [6.07, 6.45) is -0.949. The van der Waals surface area contributed by atoms with E-state index in [1.165, 1.54) is 0 Å². The SMILES string of the molecule is O=C(O)C[C@H](NC(=O)OCC1c2ccccc2-c2ccccc21)c1cccc(OCc2ccccc2)c1. The standard InChI is InChI=1S/C31H27NO5/c33-30(34)18-29(22-11-8-12-23(17-22)36-19-21-9-2-1-3-10-21)32-31(35)37-20-28-26-15-6-4-13-24(26)25-14-5-7-16-27(25)28/h1-17,28-29H,18-20H2,(H,32,35)(H,33,34)/t29-/m0/s1. The third-order valence-corrected chi connectivity index (χ3v) is 6.52. The summed E-state index contributed by atoms with van der Waals surface area (Å²) >= 11 is 0. The fourth-order valence-corrected chi connectivity index (χ4v) is 4.77. The molecule has 0 saturated carbocycles. The van der Waals surface area contributed by atoms with E-state index in [4.69, 9.17) is 9.47 Å². The highest BCUT2D eigenvalue weighted by molar-refractivity contribution is 5.79. The predicted molar refractivity (Wildman–Crippen MR) is 140 cm³/mol. The van der Waals surface area contributed by atoms with Gasteiger partial charge in [0, 0.05) is 5.92 Å². The molecule has 0 spiro atoms. The first-order chi connectivity index (χ1) is 18.1. The third-order valence-electron chi connectivity index (χ3n) is 6.52. The maximum absolute atomic E-state index is 12.8. The summed E-state index contributed by atoms with van der Waals surface area (Å²) in [5.41, 5.74) is 6.16. The Morgan fingerprint density at radius 1 is 0.811 bits per heavy atom. The lowest BCUT2D eigenvalue weighted by molar-refractivity contribution is -0.137. The third kappa shape index (κ3) is 5.64. The van der Waals surface area contributed by atoms with Gasteiger partial charge in [0.2, 0.25) is 0 Å². The Hall–Kier alpha value is -4.58. The van der Waals surface area contributed by atoms with Gasteiger partial charge in [-0.15, -0.1) is 0 Å². The van der Waals surface area contributed by atoms with E-state index in [2.05, 4.69) is 29.6 Å². The van der Waals surface area contributed by atoms with E-state index < -0.39 is 18.1 Å². The lowest BCUT2D eigenvalue weighted by Gasteiger charge is -2.20. The minimum atomic E-state index is -1.03. The van der Waals surface area contributed by atoms with Gasteiger partial charge in [-0.1, -0.05) is 91.0 Å². The van der Waals surface area contributed by atoms with E-state index >= 15 is 0 Å². The molecule has 1 aliphatic rings. The molecule has 0 fully saturated rings. The Morgan fingerprint density at radius 3 is 2.14 bits per heavy atom. The zero-order valence-corrected chi connectivity index (χ0v) is 20.2. The fraction of sp³-hybridized carbons (Fsp3) is 0.161. The van der Waals surface area contributed by atoms with E-state index in [1.807, 2.05) is 54.6 Å². The van der Waals surface area contributed by atoms with Crippen molar-refractivity contribution in [1.29, 1.82) is 0 Å². The van der Waals surface area contributed by atoms with E-state index in [-0.39, 0.29) is 18.9 Å². The van der Waals surface area contributed by atoms with E-state index in [9.17, 15) is 14.7 Å². The molecule has 37 heavy (non-hydrogen) atoms. The highest BCUT2D eigenvalue weighted by Crippen LogP contribution is 2.44. The maximum Gasteiger partial charge on any atom is 0.407 e. The zero-order valence-electron chi connectivity index (χ0n) is 20.2. The number of amides is 1. The number of ether oxygens (including phenoxy) is 2. The average Bonchev–Trinajstić information content (AvgIpc) is 3.24. The number of carbonyl (C=O) groups excluding carboxylic acids is 1. The molecule has 2 N–H and O–H groups in total. The van der Waals surface area contributed by atoms with Crippen LogP contribution in [-0.4, -0.2) is 23.8 Å². The molecule has 0 aromatic heterocycles. The van der Waals surface area contributed by atoms with E-state index in [1.54, 1.807) is 24.3 Å². The van der Waals surface area contributed by atoms with Crippen LogP contribution in [0.25, 0.3) is 11.1 Å². The van der Waals surface area contributed by atoms with Crippen molar-refractivity contribution in [3.05, 3.63) is 125 Å². The quantitative estimate of drug-likeness (QED) is 0.285. The minimum absolute atomic E-state index is 0.0780. The molecule has 0 radical (unpaired) electrons. The second-order valence-corrected chi connectivity index (χ2v) is 8.97. The molecule has 1 atom stereocenters. The van der Waals surface area contributed by atoms with Gasteiger partial charge in [-0.25, -0.2) is 4.79 Å². The zero-order chi connectivity index (χ0) is 25.6. The topological polar surface area (TPSA) is 84.9 Å². The van der Waals surface area contributed by atoms with Gasteiger partial charge in [-0.3, -0.25) is 4.79 Å². The van der Waals surface area contributed by atoms with Crippen molar-refractivity contribution in [2.75, 3.05) is 6.61 Å². The number of alkyl carbamates (subject to hydrolysis) is 1. The molecule has 186 valence electrons. The monoisotopic (exact) mass is 493 g/mol. The van der Waals surface area contributed by atoms with Crippen LogP contribution in [0.2, 0.25) is 0 Å². The summed E-state index contributed by atoms with van der Waals surface area (Å²) in [5.74, 6) is -0.517. The van der Waals surface area contributed by atoms with Gasteiger partial charge in [0.25, 0.3) is 0 Å². The summed E-state index contributed by atoms with van der Waals surface area (Å²) < 4.78 is 11.5. The first kappa shape index (κ1) is 24.1. The van der Waals surface area contributed by atoms with Crippen LogP contribution < -0.4 is 10.1 Å². The van der Waals surface area contributed by atoms with Crippen molar-refractivity contribution in [1.82, 2.24) is 5.32 Å². The van der Waals surface area contributed by atoms with Crippen LogP contribution in [-0.2, 0) is 16.1 Å². The van der Waals surface area contributed by atoms with Gasteiger partial charge < -0.3 is 19.9 Å². The molecule has 6 nitrogen and oxygen atoms in total. The normalized spacial score (nSPS) is 12.8. The molecule has 0 bridgehead atoms. The Morgan fingerprint density at radius 2 is 1.46 bits per heavy atom. The molecule has 0 saturated heterocycles. The number of fused-ring (bicyclic) bond motifs is 3. The van der Waals surface area contributed by atoms with Gasteiger partial charge in [-0.05, 0) is 45.5 Å². The predicted octanol–water partition coefficient (Wildman–Crippen LogP) is 6.32. The number of hydrogen-bond donors (Lipinski definition) is 2. The average molecular weight is 494 g/mol. The van der Waals surface area contributed by atoms with Crippen LogP contribution in [0.4, 0.5) is 4.79 Å². The summed E-state index contributed by atoms with van der Waals surface area (Å²) in [4.78, 5) is 24.4. The van der Waals surface area contributed by atoms with E-state index in [0.717, 1.165) is 27.8 Å². The number of rotatable bonds is 9. The lowest BCUT2D eigenvalue weighted by atomic mass is 9.98. The molecule has 0 heterocycles. The molecule has 4 aromatic carbocycles. The number of aliphatic carboxylic acids is 1. The van der Waals surface area contributed by atoms with Crippen molar-refractivity contribution >= 4 is 12.1 Å². The van der Waals surface area contributed by atoms with Crippen molar-refractivity contribution in [2.45, 2.75) is 25.0 Å². The lowest BCUT2D eigenvalue weighted by Crippen LogP contribution is -2.31. The Kier molecular flexibility index (Phi) is 7.17. The van der Waals surface area contributed by atoms with Crippen molar-refractivity contribution in [2.24, 2.45) is 0 Å². The van der Waals surface area contributed by atoms with Crippen LogP contribution in [0.3, 0.4) is 0 Å². The van der Waals surface area contributed by atoms with Gasteiger partial charge >= 0.3 is 12.1 Å². The van der Waals surface area contributed by atoms with Gasteiger partial charge in [0.1, 0.15) is 19.0 Å². The fourth-order valence-electron chi connectivity index (χ4n) is 4.77. The summed E-state index contributed by atoms with van der Waals surface area (Å²) in [6, 6.07) is 32.3. The summed E-state index contributed by atoms with van der Waals surface area (Å²) in [5, 5.41) is 12.2. The van der Waals surface area contributed by atoms with Gasteiger partial charge in [0.05, 0.1) is 12.5 Å². The Labute approximate surface area is 215 Å². The molecule has 5 rings (SSSR count). The van der Waals surface area contributed by atoms with Gasteiger partial charge in [0.15, 0.2) is 0 Å². The molecular weight excluding hydrogens is 466 g/mol. The molecular formula is C31H27NO5. The molecule has 0 unspecified atom stereocenters. The number of carboxylic acid groups (broad SMARTS) is 1. The second kappa shape index (κ2) is 11.0. The number of carboxylic acids is 1. The van der Waals surface area contributed by atoms with Crippen LogP contribution >= 0.6 is 0 Å². The first-order valence-electron chi connectivity index (χ1n) is 12.2. The molecule has 0 aliphatic heterocycles. The Balaban J connectivity index is 1.26. The largest absolute Gasteiger partial charge is 0.489 e. The molecule has 1 amide bonds. The van der Waals surface area contributed by atoms with E-state index in [0.29, 0.717) is 17.9 Å². The van der Waals surface area contributed by atoms with Crippen molar-refractivity contribution in [3.63, 3.8) is 0 Å². The van der Waals surface area contributed by atoms with Crippen LogP contribution in [0.5, 0.6) is 5.75 Å². The van der Waals surface area contributed by atoms with Crippen molar-refractivity contribution < 1.29 is 24.2 Å². The first-order valence-corrected chi connectivity index (χ1v) is 12.2. The molecule has 1 aliphatic carbocycles. The van der Waals surface area contributed by atoms with Crippen LogP contribution in [0.1, 0.15) is 40.6 Å². The molecule has 4 aromatic rings. The molecule has 6 heteroatoms. The summed E-state index contributed by atoms with van der Waals surface area (Å²) in [7, 11) is 0.